The van der Waals surface area contributed by atoms with Crippen molar-refractivity contribution in [1.82, 2.24) is 10.3 Å². The van der Waals surface area contributed by atoms with Crippen molar-refractivity contribution in [2.24, 2.45) is 5.92 Å². The molecule has 0 radical (unpaired) electrons. The second-order valence-electron chi connectivity index (χ2n) is 6.58. The number of halogens is 1. The number of nitrogens with zero attached hydrogens (tertiary/aromatic N) is 1. The van der Waals surface area contributed by atoms with Gasteiger partial charge >= 0.3 is 0 Å². The van der Waals surface area contributed by atoms with E-state index in [1.54, 1.807) is 18.3 Å². The van der Waals surface area contributed by atoms with Gasteiger partial charge in [0, 0.05) is 12.1 Å². The molecule has 0 aliphatic heterocycles. The molecule has 1 amide bonds. The molecular weight excluding hydrogens is 327 g/mol. The Morgan fingerprint density at radius 3 is 2.46 bits per heavy atom. The summed E-state index contributed by atoms with van der Waals surface area (Å²) in [5.41, 5.74) is 2.39. The number of hydrogen-bond acceptors (Lipinski definition) is 2. The fraction of sp³-hybridized carbons (Fsp3) is 0.182. The number of pyridine rings is 1. The molecule has 1 heterocycles. The van der Waals surface area contributed by atoms with Crippen LogP contribution in [0.15, 0.2) is 79.0 Å². The molecule has 0 spiro atoms. The Labute approximate surface area is 151 Å². The molecule has 1 saturated carbocycles. The second kappa shape index (κ2) is 7.08. The minimum absolute atomic E-state index is 0.0450. The highest BCUT2D eigenvalue weighted by molar-refractivity contribution is 5.83. The van der Waals surface area contributed by atoms with E-state index >= 15 is 0 Å². The quantitative estimate of drug-likeness (QED) is 0.751. The van der Waals surface area contributed by atoms with Crippen LogP contribution in [-0.4, -0.2) is 10.9 Å². The maximum Gasteiger partial charge on any atom is 0.224 e. The smallest absolute Gasteiger partial charge is 0.224 e. The first-order chi connectivity index (χ1) is 12.7. The van der Waals surface area contributed by atoms with E-state index in [-0.39, 0.29) is 29.6 Å². The van der Waals surface area contributed by atoms with E-state index < -0.39 is 0 Å². The molecule has 3 aromatic rings. The van der Waals surface area contributed by atoms with E-state index in [1.807, 2.05) is 54.6 Å². The van der Waals surface area contributed by atoms with Crippen LogP contribution < -0.4 is 5.32 Å². The van der Waals surface area contributed by atoms with Crippen LogP contribution in [0.25, 0.3) is 0 Å². The number of hydrogen-bond donors (Lipinski definition) is 1. The summed E-state index contributed by atoms with van der Waals surface area (Å²) < 4.78 is 14.0. The van der Waals surface area contributed by atoms with Crippen molar-refractivity contribution in [1.29, 1.82) is 0 Å². The molecule has 1 aliphatic rings. The van der Waals surface area contributed by atoms with Gasteiger partial charge in [-0.2, -0.15) is 0 Å². The number of carbonyl (C=O) groups excluding carboxylic acids is 1. The fourth-order valence-corrected chi connectivity index (χ4v) is 3.37. The minimum atomic E-state index is -0.313. The SMILES string of the molecule is O=C(NC(c1ccccc1)c1ccccn1)C1CC1c1ccccc1F. The summed E-state index contributed by atoms with van der Waals surface area (Å²) in [6, 6.07) is 21.8. The van der Waals surface area contributed by atoms with Crippen molar-refractivity contribution >= 4 is 5.91 Å². The molecule has 0 saturated heterocycles. The number of rotatable bonds is 5. The van der Waals surface area contributed by atoms with Gasteiger partial charge in [0.25, 0.3) is 0 Å². The number of benzene rings is 2. The van der Waals surface area contributed by atoms with Crippen molar-refractivity contribution < 1.29 is 9.18 Å². The van der Waals surface area contributed by atoms with E-state index in [4.69, 9.17) is 0 Å². The molecule has 4 heteroatoms. The molecule has 130 valence electrons. The molecule has 3 atom stereocenters. The number of nitrogens with one attached hydrogen (secondary N) is 1. The summed E-state index contributed by atoms with van der Waals surface area (Å²) in [5.74, 6) is -0.534. The number of amides is 1. The Bertz CT molecular complexity index is 859. The van der Waals surface area contributed by atoms with Gasteiger partial charge in [-0.15, -0.1) is 0 Å². The summed E-state index contributed by atoms with van der Waals surface area (Å²) in [6.07, 6.45) is 2.40. The third-order valence-corrected chi connectivity index (χ3v) is 4.83. The monoisotopic (exact) mass is 346 g/mol. The summed E-state index contributed by atoms with van der Waals surface area (Å²) >= 11 is 0. The van der Waals surface area contributed by atoms with Crippen LogP contribution in [-0.2, 0) is 4.79 Å². The van der Waals surface area contributed by atoms with Gasteiger partial charge in [-0.3, -0.25) is 9.78 Å². The molecule has 1 fully saturated rings. The van der Waals surface area contributed by atoms with Crippen LogP contribution in [0.5, 0.6) is 0 Å². The van der Waals surface area contributed by atoms with E-state index in [9.17, 15) is 9.18 Å². The van der Waals surface area contributed by atoms with Crippen LogP contribution in [0.1, 0.15) is 35.2 Å². The standard InChI is InChI=1S/C22H19FN2O/c23-19-11-5-4-10-16(19)17-14-18(17)22(26)25-21(15-8-2-1-3-9-15)20-12-6-7-13-24-20/h1-13,17-18,21H,14H2,(H,25,26). The lowest BCUT2D eigenvalue weighted by Gasteiger charge is -2.19. The number of carbonyl (C=O) groups is 1. The van der Waals surface area contributed by atoms with Gasteiger partial charge in [-0.1, -0.05) is 54.6 Å². The predicted octanol–water partition coefficient (Wildman–Crippen LogP) is 4.23. The first-order valence-corrected chi connectivity index (χ1v) is 8.74. The van der Waals surface area contributed by atoms with Gasteiger partial charge in [0.05, 0.1) is 11.7 Å². The third-order valence-electron chi connectivity index (χ3n) is 4.83. The van der Waals surface area contributed by atoms with Crippen molar-refractivity contribution in [2.75, 3.05) is 0 Å². The Hall–Kier alpha value is -3.01. The van der Waals surface area contributed by atoms with E-state index in [0.29, 0.717) is 12.0 Å². The van der Waals surface area contributed by atoms with Gasteiger partial charge < -0.3 is 5.32 Å². The zero-order chi connectivity index (χ0) is 17.9. The van der Waals surface area contributed by atoms with Gasteiger partial charge in [-0.25, -0.2) is 4.39 Å². The van der Waals surface area contributed by atoms with Crippen molar-refractivity contribution in [3.05, 3.63) is 102 Å². The first-order valence-electron chi connectivity index (χ1n) is 8.74. The molecule has 0 bridgehead atoms. The van der Waals surface area contributed by atoms with Crippen molar-refractivity contribution in [3.63, 3.8) is 0 Å². The second-order valence-corrected chi connectivity index (χ2v) is 6.58. The first kappa shape index (κ1) is 16.5. The maximum absolute atomic E-state index is 14.0. The topological polar surface area (TPSA) is 42.0 Å². The Kier molecular flexibility index (Phi) is 4.48. The molecule has 1 aliphatic carbocycles. The van der Waals surface area contributed by atoms with Crippen LogP contribution >= 0.6 is 0 Å². The molecule has 1 N–H and O–H groups in total. The average molecular weight is 346 g/mol. The third kappa shape index (κ3) is 3.36. The molecular formula is C22H19FN2O. The minimum Gasteiger partial charge on any atom is -0.343 e. The molecule has 2 aromatic carbocycles. The van der Waals surface area contributed by atoms with Crippen LogP contribution in [0.4, 0.5) is 4.39 Å². The van der Waals surface area contributed by atoms with Crippen molar-refractivity contribution in [2.45, 2.75) is 18.4 Å². The Morgan fingerprint density at radius 1 is 1.00 bits per heavy atom. The molecule has 26 heavy (non-hydrogen) atoms. The predicted molar refractivity (Wildman–Crippen MR) is 97.9 cm³/mol. The van der Waals surface area contributed by atoms with E-state index in [1.165, 1.54) is 6.07 Å². The summed E-state index contributed by atoms with van der Waals surface area (Å²) in [6.45, 7) is 0. The summed E-state index contributed by atoms with van der Waals surface area (Å²) in [7, 11) is 0. The lowest BCUT2D eigenvalue weighted by atomic mass is 10.0. The molecule has 4 rings (SSSR count). The molecule has 1 aromatic heterocycles. The van der Waals surface area contributed by atoms with Gasteiger partial charge in [-0.05, 0) is 41.7 Å². The van der Waals surface area contributed by atoms with Crippen LogP contribution in [0.2, 0.25) is 0 Å². The zero-order valence-electron chi connectivity index (χ0n) is 14.2. The van der Waals surface area contributed by atoms with Crippen molar-refractivity contribution in [3.8, 4) is 0 Å². The van der Waals surface area contributed by atoms with E-state index in [0.717, 1.165) is 11.3 Å². The fourth-order valence-electron chi connectivity index (χ4n) is 3.37. The Morgan fingerprint density at radius 2 is 1.73 bits per heavy atom. The summed E-state index contributed by atoms with van der Waals surface area (Å²) in [4.78, 5) is 17.2. The highest BCUT2D eigenvalue weighted by Gasteiger charge is 2.45. The highest BCUT2D eigenvalue weighted by atomic mass is 19.1. The lowest BCUT2D eigenvalue weighted by Crippen LogP contribution is -2.31. The average Bonchev–Trinajstić information content (AvgIpc) is 3.48. The largest absolute Gasteiger partial charge is 0.343 e. The normalized spacial score (nSPS) is 19.6. The van der Waals surface area contributed by atoms with Gasteiger partial charge in [0.15, 0.2) is 0 Å². The zero-order valence-corrected chi connectivity index (χ0v) is 14.2. The maximum atomic E-state index is 14.0. The van der Waals surface area contributed by atoms with Crippen LogP contribution in [0, 0.1) is 11.7 Å². The van der Waals surface area contributed by atoms with E-state index in [2.05, 4.69) is 10.3 Å². The van der Waals surface area contributed by atoms with Gasteiger partial charge in [0.2, 0.25) is 5.91 Å². The number of aromatic nitrogens is 1. The molecule has 3 nitrogen and oxygen atoms in total. The van der Waals surface area contributed by atoms with Crippen LogP contribution in [0.3, 0.4) is 0 Å². The summed E-state index contributed by atoms with van der Waals surface area (Å²) in [5, 5.41) is 3.11. The lowest BCUT2D eigenvalue weighted by molar-refractivity contribution is -0.122. The van der Waals surface area contributed by atoms with Gasteiger partial charge in [0.1, 0.15) is 5.82 Å². The highest BCUT2D eigenvalue weighted by Crippen LogP contribution is 2.48. The Balaban J connectivity index is 1.54. The molecule has 3 unspecified atom stereocenters.